The van der Waals surface area contributed by atoms with Crippen LogP contribution in [0.4, 0.5) is 0 Å². The Morgan fingerprint density at radius 2 is 1.95 bits per heavy atom. The van der Waals surface area contributed by atoms with Crippen molar-refractivity contribution in [1.82, 2.24) is 4.90 Å². The van der Waals surface area contributed by atoms with E-state index in [-0.39, 0.29) is 11.3 Å². The molecule has 0 spiro atoms. The van der Waals surface area contributed by atoms with Crippen molar-refractivity contribution in [2.24, 2.45) is 17.1 Å². The third kappa shape index (κ3) is 9.91. The first kappa shape index (κ1) is 18.4. The van der Waals surface area contributed by atoms with Gasteiger partial charge in [0.2, 0.25) is 5.91 Å². The van der Waals surface area contributed by atoms with Crippen LogP contribution in [0, 0.1) is 11.3 Å². The molecule has 2 N–H and O–H groups in total. The summed E-state index contributed by atoms with van der Waals surface area (Å²) in [7, 11) is 1.66. The molecule has 114 valence electrons. The van der Waals surface area contributed by atoms with Crippen LogP contribution in [-0.4, -0.2) is 44.2 Å². The summed E-state index contributed by atoms with van der Waals surface area (Å²) in [6.07, 6.45) is 2.53. The normalized spacial score (nSPS) is 13.4. The number of carbonyl (C=O) groups is 1. The number of hydrogen-bond donors (Lipinski definition) is 1. The van der Waals surface area contributed by atoms with Crippen LogP contribution in [0.1, 0.15) is 47.0 Å². The lowest BCUT2D eigenvalue weighted by atomic mass is 9.84. The van der Waals surface area contributed by atoms with E-state index in [4.69, 9.17) is 10.5 Å². The molecular weight excluding hydrogens is 240 g/mol. The van der Waals surface area contributed by atoms with Gasteiger partial charge in [-0.1, -0.05) is 27.7 Å². The van der Waals surface area contributed by atoms with E-state index < -0.39 is 0 Å². The molecule has 0 aliphatic carbocycles. The number of carbonyl (C=O) groups excluding carboxylic acids is 1. The third-order valence-electron chi connectivity index (χ3n) is 3.03. The van der Waals surface area contributed by atoms with Gasteiger partial charge in [-0.15, -0.1) is 0 Å². The third-order valence-corrected chi connectivity index (χ3v) is 3.03. The van der Waals surface area contributed by atoms with Gasteiger partial charge >= 0.3 is 0 Å². The Labute approximate surface area is 118 Å². The van der Waals surface area contributed by atoms with E-state index in [1.807, 2.05) is 4.90 Å². The molecule has 1 amide bonds. The van der Waals surface area contributed by atoms with Gasteiger partial charge in [-0.3, -0.25) is 4.79 Å². The fraction of sp³-hybridized carbons (Fsp3) is 0.933. The maximum Gasteiger partial charge on any atom is 0.222 e. The number of nitrogens with zero attached hydrogens (tertiary/aromatic N) is 1. The average molecular weight is 272 g/mol. The van der Waals surface area contributed by atoms with E-state index in [9.17, 15) is 4.79 Å². The highest BCUT2D eigenvalue weighted by atomic mass is 16.5. The van der Waals surface area contributed by atoms with E-state index in [1.54, 1.807) is 7.11 Å². The molecule has 0 saturated heterocycles. The maximum absolute atomic E-state index is 12.3. The number of rotatable bonds is 9. The number of nitrogens with two attached hydrogens (primary N) is 1. The first-order valence-corrected chi connectivity index (χ1v) is 7.27. The molecule has 0 aromatic carbocycles. The van der Waals surface area contributed by atoms with Gasteiger partial charge < -0.3 is 15.4 Å². The minimum absolute atomic E-state index is 0.224. The zero-order valence-electron chi connectivity index (χ0n) is 13.4. The van der Waals surface area contributed by atoms with Crippen LogP contribution < -0.4 is 5.73 Å². The molecule has 0 fully saturated rings. The van der Waals surface area contributed by atoms with Gasteiger partial charge in [0.1, 0.15) is 0 Å². The number of ether oxygens (including phenoxy) is 1. The zero-order valence-corrected chi connectivity index (χ0v) is 13.4. The minimum atomic E-state index is 0.224. The monoisotopic (exact) mass is 272 g/mol. The van der Waals surface area contributed by atoms with Crippen LogP contribution in [0.2, 0.25) is 0 Å². The summed E-state index contributed by atoms with van der Waals surface area (Å²) in [5.74, 6) is 0.637. The maximum atomic E-state index is 12.3. The van der Waals surface area contributed by atoms with Gasteiger partial charge in [0.25, 0.3) is 0 Å². The van der Waals surface area contributed by atoms with Crippen molar-refractivity contribution in [2.75, 3.05) is 33.4 Å². The molecule has 1 atom stereocenters. The van der Waals surface area contributed by atoms with Crippen LogP contribution in [0.3, 0.4) is 0 Å². The summed E-state index contributed by atoms with van der Waals surface area (Å²) in [4.78, 5) is 14.2. The van der Waals surface area contributed by atoms with Crippen molar-refractivity contribution >= 4 is 5.91 Å². The van der Waals surface area contributed by atoms with Crippen molar-refractivity contribution in [3.63, 3.8) is 0 Å². The fourth-order valence-electron chi connectivity index (χ4n) is 2.39. The quantitative estimate of drug-likeness (QED) is 0.700. The second-order valence-electron chi connectivity index (χ2n) is 6.59. The average Bonchev–Trinajstić information content (AvgIpc) is 2.26. The van der Waals surface area contributed by atoms with Crippen LogP contribution >= 0.6 is 0 Å². The van der Waals surface area contributed by atoms with Crippen molar-refractivity contribution in [3.8, 4) is 0 Å². The molecule has 4 heteroatoms. The molecule has 0 aliphatic rings. The molecule has 0 radical (unpaired) electrons. The molecule has 0 aliphatic heterocycles. The highest BCUT2D eigenvalue weighted by molar-refractivity contribution is 5.76. The zero-order chi connectivity index (χ0) is 14.9. The predicted octanol–water partition coefficient (Wildman–Crippen LogP) is 2.27. The molecule has 0 aromatic rings. The Kier molecular flexibility index (Phi) is 9.02. The van der Waals surface area contributed by atoms with E-state index in [1.165, 1.54) is 0 Å². The molecule has 0 bridgehead atoms. The summed E-state index contributed by atoms with van der Waals surface area (Å²) in [6, 6.07) is 0. The Bertz CT molecular complexity index is 241. The number of amides is 1. The largest absolute Gasteiger partial charge is 0.383 e. The molecule has 4 nitrogen and oxygen atoms in total. The summed E-state index contributed by atoms with van der Waals surface area (Å²) >= 11 is 0. The van der Waals surface area contributed by atoms with Gasteiger partial charge in [-0.25, -0.2) is 0 Å². The summed E-state index contributed by atoms with van der Waals surface area (Å²) < 4.78 is 5.06. The molecule has 0 rings (SSSR count). The smallest absolute Gasteiger partial charge is 0.222 e. The summed E-state index contributed by atoms with van der Waals surface area (Å²) in [6.45, 7) is 11.4. The lowest BCUT2D eigenvalue weighted by molar-refractivity contribution is -0.133. The van der Waals surface area contributed by atoms with Gasteiger partial charge in [0.15, 0.2) is 0 Å². The van der Waals surface area contributed by atoms with Crippen LogP contribution in [0.25, 0.3) is 0 Å². The molecule has 0 heterocycles. The second-order valence-corrected chi connectivity index (χ2v) is 6.59. The van der Waals surface area contributed by atoms with E-state index in [0.29, 0.717) is 32.0 Å². The van der Waals surface area contributed by atoms with E-state index in [2.05, 4.69) is 27.7 Å². The Morgan fingerprint density at radius 3 is 2.42 bits per heavy atom. The van der Waals surface area contributed by atoms with Gasteiger partial charge in [0, 0.05) is 26.6 Å². The van der Waals surface area contributed by atoms with Crippen molar-refractivity contribution in [1.29, 1.82) is 0 Å². The lowest BCUT2D eigenvalue weighted by Gasteiger charge is -2.27. The van der Waals surface area contributed by atoms with Gasteiger partial charge in [-0.2, -0.15) is 0 Å². The van der Waals surface area contributed by atoms with Crippen LogP contribution in [0.15, 0.2) is 0 Å². The Morgan fingerprint density at radius 1 is 1.32 bits per heavy atom. The van der Waals surface area contributed by atoms with E-state index >= 15 is 0 Å². The summed E-state index contributed by atoms with van der Waals surface area (Å²) in [5, 5.41) is 0. The predicted molar refractivity (Wildman–Crippen MR) is 80.0 cm³/mol. The van der Waals surface area contributed by atoms with Crippen LogP contribution in [-0.2, 0) is 9.53 Å². The standard InChI is InChI=1S/C15H32N2O2/c1-13(12-15(2,3)4)11-14(18)17(8-6-7-16)9-10-19-5/h13H,6-12,16H2,1-5H3. The number of methoxy groups -OCH3 is 1. The minimum Gasteiger partial charge on any atom is -0.383 e. The van der Waals surface area contributed by atoms with Crippen molar-refractivity contribution < 1.29 is 9.53 Å². The van der Waals surface area contributed by atoms with Crippen molar-refractivity contribution in [3.05, 3.63) is 0 Å². The lowest BCUT2D eigenvalue weighted by Crippen LogP contribution is -2.36. The highest BCUT2D eigenvalue weighted by Crippen LogP contribution is 2.26. The SMILES string of the molecule is COCCN(CCCN)C(=O)CC(C)CC(C)(C)C. The Balaban J connectivity index is 4.28. The molecule has 1 unspecified atom stereocenters. The highest BCUT2D eigenvalue weighted by Gasteiger charge is 2.20. The van der Waals surface area contributed by atoms with Gasteiger partial charge in [-0.05, 0) is 30.7 Å². The van der Waals surface area contributed by atoms with E-state index in [0.717, 1.165) is 19.4 Å². The first-order valence-electron chi connectivity index (χ1n) is 7.27. The topological polar surface area (TPSA) is 55.6 Å². The molecule has 19 heavy (non-hydrogen) atoms. The van der Waals surface area contributed by atoms with Crippen LogP contribution in [0.5, 0.6) is 0 Å². The number of hydrogen-bond acceptors (Lipinski definition) is 3. The molecular formula is C15H32N2O2. The molecule has 0 saturated carbocycles. The van der Waals surface area contributed by atoms with Gasteiger partial charge in [0.05, 0.1) is 6.61 Å². The first-order chi connectivity index (χ1) is 8.80. The Hall–Kier alpha value is -0.610. The fourth-order valence-corrected chi connectivity index (χ4v) is 2.39. The second kappa shape index (κ2) is 9.32. The van der Waals surface area contributed by atoms with Crippen molar-refractivity contribution in [2.45, 2.75) is 47.0 Å². The summed E-state index contributed by atoms with van der Waals surface area (Å²) in [5.41, 5.74) is 5.79. The molecule has 0 aromatic heterocycles.